The Morgan fingerprint density at radius 3 is 2.58 bits per heavy atom. The van der Waals surface area contributed by atoms with Gasteiger partial charge in [0.25, 0.3) is 0 Å². The van der Waals surface area contributed by atoms with Gasteiger partial charge in [0.1, 0.15) is 0 Å². The molecule has 6 heteroatoms. The Bertz CT molecular complexity index is 568. The molecule has 0 radical (unpaired) electrons. The van der Waals surface area contributed by atoms with E-state index in [-0.39, 0.29) is 0 Å². The summed E-state index contributed by atoms with van der Waals surface area (Å²) in [6.07, 6.45) is 2.29. The molecule has 1 aliphatic heterocycles. The van der Waals surface area contributed by atoms with E-state index in [1.165, 1.54) is 6.54 Å². The summed E-state index contributed by atoms with van der Waals surface area (Å²) in [4.78, 5) is 8.05. The summed E-state index contributed by atoms with van der Waals surface area (Å²) in [5.41, 5.74) is 0. The van der Waals surface area contributed by atoms with Gasteiger partial charge in [-0.25, -0.2) is 0 Å². The van der Waals surface area contributed by atoms with Gasteiger partial charge in [0.15, 0.2) is 5.96 Å². The lowest BCUT2D eigenvalue weighted by molar-refractivity contribution is 0.187. The number of rotatable bonds is 8. The fourth-order valence-corrected chi connectivity index (χ4v) is 4.17. The second-order valence-electron chi connectivity index (χ2n) is 7.24. The molecule has 1 fully saturated rings. The third-order valence-corrected chi connectivity index (χ3v) is 5.80. The maximum atomic E-state index is 12.3. The van der Waals surface area contributed by atoms with E-state index in [2.05, 4.69) is 41.3 Å². The van der Waals surface area contributed by atoms with Crippen LogP contribution in [0.25, 0.3) is 0 Å². The van der Waals surface area contributed by atoms with E-state index >= 15 is 0 Å². The zero-order chi connectivity index (χ0) is 18.8. The summed E-state index contributed by atoms with van der Waals surface area (Å²) in [5, 5.41) is 6.87. The lowest BCUT2D eigenvalue weighted by atomic mass is 10.0. The number of benzene rings is 1. The maximum Gasteiger partial charge on any atom is 0.191 e. The minimum absolute atomic E-state index is 0.468. The van der Waals surface area contributed by atoms with Crippen LogP contribution in [-0.2, 0) is 10.8 Å². The number of piperidine rings is 1. The van der Waals surface area contributed by atoms with Crippen LogP contribution in [0.4, 0.5) is 0 Å². The van der Waals surface area contributed by atoms with E-state index in [0.29, 0.717) is 18.3 Å². The quantitative estimate of drug-likeness (QED) is 0.539. The molecule has 2 N–H and O–H groups in total. The van der Waals surface area contributed by atoms with Crippen molar-refractivity contribution in [1.82, 2.24) is 15.5 Å². The lowest BCUT2D eigenvalue weighted by Crippen LogP contribution is -2.49. The van der Waals surface area contributed by atoms with E-state index in [0.717, 1.165) is 49.2 Å². The molecule has 146 valence electrons. The Balaban J connectivity index is 1.79. The van der Waals surface area contributed by atoms with Gasteiger partial charge in [0.05, 0.1) is 17.3 Å². The monoisotopic (exact) mass is 378 g/mol. The van der Waals surface area contributed by atoms with E-state index in [1.54, 1.807) is 0 Å². The summed E-state index contributed by atoms with van der Waals surface area (Å²) in [7, 11) is -0.990. The normalized spacial score (nSPS) is 18.1. The molecule has 1 atom stereocenters. The van der Waals surface area contributed by atoms with E-state index < -0.39 is 10.8 Å². The van der Waals surface area contributed by atoms with E-state index in [4.69, 9.17) is 0 Å². The van der Waals surface area contributed by atoms with Gasteiger partial charge in [-0.2, -0.15) is 0 Å². The van der Waals surface area contributed by atoms with Gasteiger partial charge in [-0.3, -0.25) is 9.20 Å². The second kappa shape index (κ2) is 11.3. The van der Waals surface area contributed by atoms with Crippen LogP contribution in [0, 0.1) is 5.92 Å². The van der Waals surface area contributed by atoms with Crippen molar-refractivity contribution in [1.29, 1.82) is 0 Å². The zero-order valence-corrected chi connectivity index (χ0v) is 17.2. The molecule has 1 unspecified atom stereocenters. The molecule has 2 rings (SSSR count). The van der Waals surface area contributed by atoms with Crippen molar-refractivity contribution < 1.29 is 4.21 Å². The van der Waals surface area contributed by atoms with Gasteiger partial charge in [-0.1, -0.05) is 32.0 Å². The van der Waals surface area contributed by atoms with Crippen molar-refractivity contribution in [2.24, 2.45) is 10.9 Å². The molecule has 5 nitrogen and oxygen atoms in total. The van der Waals surface area contributed by atoms with Gasteiger partial charge in [0.2, 0.25) is 0 Å². The highest BCUT2D eigenvalue weighted by Crippen LogP contribution is 2.12. The number of hydrogen-bond donors (Lipinski definition) is 2. The van der Waals surface area contributed by atoms with Gasteiger partial charge in [0, 0.05) is 42.9 Å². The largest absolute Gasteiger partial charge is 0.357 e. The smallest absolute Gasteiger partial charge is 0.191 e. The topological polar surface area (TPSA) is 56.7 Å². The fraction of sp³-hybridized carbons (Fsp3) is 0.650. The van der Waals surface area contributed by atoms with Crippen LogP contribution >= 0.6 is 0 Å². The maximum absolute atomic E-state index is 12.3. The highest BCUT2D eigenvalue weighted by atomic mass is 32.2. The standard InChI is InChI=1S/C20H34N4OS/c1-4-21-20(22-12-15-26(25)19-8-6-5-7-9-19)23-18-10-13-24(14-11-18)16-17(2)3/h5-9,17-18H,4,10-16H2,1-3H3,(H2,21,22,23). The molecular weight excluding hydrogens is 344 g/mol. The number of likely N-dealkylation sites (tertiary alicyclic amines) is 1. The van der Waals surface area contributed by atoms with Crippen LogP contribution in [0.1, 0.15) is 33.6 Å². The first kappa shape index (κ1) is 20.9. The molecule has 1 aliphatic rings. The first-order valence-electron chi connectivity index (χ1n) is 9.79. The van der Waals surface area contributed by atoms with E-state index in [1.807, 2.05) is 30.3 Å². The molecule has 0 saturated carbocycles. The molecule has 0 amide bonds. The minimum Gasteiger partial charge on any atom is -0.357 e. The molecule has 0 bridgehead atoms. The number of aliphatic imine (C=N–C) groups is 1. The summed E-state index contributed by atoms with van der Waals surface area (Å²) in [5.74, 6) is 2.12. The van der Waals surface area contributed by atoms with Crippen molar-refractivity contribution >= 4 is 16.8 Å². The van der Waals surface area contributed by atoms with Crippen LogP contribution in [-0.4, -0.2) is 59.6 Å². The minimum atomic E-state index is -0.990. The third kappa shape index (κ3) is 7.46. The highest BCUT2D eigenvalue weighted by Gasteiger charge is 2.20. The SMILES string of the molecule is CCNC(=NCCS(=O)c1ccccc1)NC1CCN(CC(C)C)CC1. The average Bonchev–Trinajstić information content (AvgIpc) is 2.63. The first-order chi connectivity index (χ1) is 12.6. The Labute approximate surface area is 161 Å². The molecule has 0 spiro atoms. The molecular formula is C20H34N4OS. The van der Waals surface area contributed by atoms with Gasteiger partial charge < -0.3 is 15.5 Å². The average molecular weight is 379 g/mol. The highest BCUT2D eigenvalue weighted by molar-refractivity contribution is 7.85. The van der Waals surface area contributed by atoms with E-state index in [9.17, 15) is 4.21 Å². The van der Waals surface area contributed by atoms with Crippen molar-refractivity contribution in [2.75, 3.05) is 38.5 Å². The summed E-state index contributed by atoms with van der Waals surface area (Å²) < 4.78 is 12.3. The summed E-state index contributed by atoms with van der Waals surface area (Å²) >= 11 is 0. The van der Waals surface area contributed by atoms with Crippen LogP contribution in [0.15, 0.2) is 40.2 Å². The van der Waals surface area contributed by atoms with Crippen LogP contribution < -0.4 is 10.6 Å². The number of nitrogens with one attached hydrogen (secondary N) is 2. The van der Waals surface area contributed by atoms with Crippen molar-refractivity contribution in [3.05, 3.63) is 30.3 Å². The number of guanidine groups is 1. The van der Waals surface area contributed by atoms with Gasteiger partial charge >= 0.3 is 0 Å². The molecule has 1 aromatic rings. The Kier molecular flexibility index (Phi) is 9.12. The summed E-state index contributed by atoms with van der Waals surface area (Å²) in [6, 6.07) is 10.1. The van der Waals surface area contributed by atoms with Crippen LogP contribution in [0.3, 0.4) is 0 Å². The molecule has 1 saturated heterocycles. The third-order valence-electron chi connectivity index (χ3n) is 4.45. The Morgan fingerprint density at radius 2 is 1.96 bits per heavy atom. The van der Waals surface area contributed by atoms with Crippen LogP contribution in [0.5, 0.6) is 0 Å². The van der Waals surface area contributed by atoms with Crippen molar-refractivity contribution in [2.45, 2.75) is 44.6 Å². The van der Waals surface area contributed by atoms with Gasteiger partial charge in [-0.15, -0.1) is 0 Å². The molecule has 0 aliphatic carbocycles. The zero-order valence-electron chi connectivity index (χ0n) is 16.4. The van der Waals surface area contributed by atoms with Crippen molar-refractivity contribution in [3.8, 4) is 0 Å². The Hall–Kier alpha value is -1.40. The summed E-state index contributed by atoms with van der Waals surface area (Å²) in [6.45, 7) is 11.5. The molecule has 0 aromatic heterocycles. The fourth-order valence-electron chi connectivity index (χ4n) is 3.22. The first-order valence-corrected chi connectivity index (χ1v) is 11.1. The van der Waals surface area contributed by atoms with Gasteiger partial charge in [-0.05, 0) is 37.8 Å². The predicted octanol–water partition coefficient (Wildman–Crippen LogP) is 2.47. The molecule has 26 heavy (non-hydrogen) atoms. The van der Waals surface area contributed by atoms with Crippen LogP contribution in [0.2, 0.25) is 0 Å². The molecule has 1 heterocycles. The number of hydrogen-bond acceptors (Lipinski definition) is 3. The Morgan fingerprint density at radius 1 is 1.27 bits per heavy atom. The predicted molar refractivity (Wildman–Crippen MR) is 111 cm³/mol. The second-order valence-corrected chi connectivity index (χ2v) is 8.81. The lowest BCUT2D eigenvalue weighted by Gasteiger charge is -2.34. The number of nitrogens with zero attached hydrogens (tertiary/aromatic N) is 2. The molecule has 1 aromatic carbocycles. The van der Waals surface area contributed by atoms with Crippen molar-refractivity contribution in [3.63, 3.8) is 0 Å².